The third-order valence-corrected chi connectivity index (χ3v) is 4.53. The summed E-state index contributed by atoms with van der Waals surface area (Å²) in [4.78, 5) is 20.9. The molecule has 126 valence electrons. The van der Waals surface area contributed by atoms with Crippen molar-refractivity contribution < 1.29 is 4.79 Å². The van der Waals surface area contributed by atoms with Gasteiger partial charge in [0, 0.05) is 38.1 Å². The summed E-state index contributed by atoms with van der Waals surface area (Å²) in [6.45, 7) is 4.79. The van der Waals surface area contributed by atoms with Gasteiger partial charge in [0.15, 0.2) is 0 Å². The SMILES string of the molecule is Cc1cccc(C(=O)N(C)Cc2ccc(N3CCCCC3)cc2)n1. The van der Waals surface area contributed by atoms with Gasteiger partial charge in [0.2, 0.25) is 0 Å². The van der Waals surface area contributed by atoms with Gasteiger partial charge < -0.3 is 9.80 Å². The first-order valence-corrected chi connectivity index (χ1v) is 8.66. The third kappa shape index (κ3) is 3.94. The molecule has 3 rings (SSSR count). The van der Waals surface area contributed by atoms with E-state index >= 15 is 0 Å². The molecule has 0 spiro atoms. The molecule has 1 aliphatic heterocycles. The lowest BCUT2D eigenvalue weighted by Gasteiger charge is -2.29. The van der Waals surface area contributed by atoms with Gasteiger partial charge in [-0.1, -0.05) is 18.2 Å². The van der Waals surface area contributed by atoms with E-state index in [4.69, 9.17) is 0 Å². The number of carbonyl (C=O) groups excluding carboxylic acids is 1. The number of piperidine rings is 1. The van der Waals surface area contributed by atoms with Crippen LogP contribution in [-0.4, -0.2) is 35.9 Å². The Morgan fingerprint density at radius 3 is 2.46 bits per heavy atom. The number of rotatable bonds is 4. The molecule has 1 saturated heterocycles. The number of benzene rings is 1. The summed E-state index contributed by atoms with van der Waals surface area (Å²) in [7, 11) is 1.82. The van der Waals surface area contributed by atoms with Gasteiger partial charge in [-0.3, -0.25) is 4.79 Å². The zero-order valence-electron chi connectivity index (χ0n) is 14.5. The Labute approximate surface area is 144 Å². The van der Waals surface area contributed by atoms with Crippen LogP contribution >= 0.6 is 0 Å². The predicted molar refractivity (Wildman–Crippen MR) is 97.3 cm³/mol. The molecular weight excluding hydrogens is 298 g/mol. The minimum absolute atomic E-state index is 0.0428. The number of aromatic nitrogens is 1. The Hall–Kier alpha value is -2.36. The molecule has 4 nitrogen and oxygen atoms in total. The van der Waals surface area contributed by atoms with E-state index in [-0.39, 0.29) is 5.91 Å². The van der Waals surface area contributed by atoms with Crippen molar-refractivity contribution >= 4 is 11.6 Å². The number of aryl methyl sites for hydroxylation is 1. The molecule has 24 heavy (non-hydrogen) atoms. The molecule has 2 heterocycles. The lowest BCUT2D eigenvalue weighted by Crippen LogP contribution is -2.29. The molecule has 0 aliphatic carbocycles. The van der Waals surface area contributed by atoms with E-state index in [0.29, 0.717) is 12.2 Å². The largest absolute Gasteiger partial charge is 0.372 e. The van der Waals surface area contributed by atoms with Crippen LogP contribution in [0.5, 0.6) is 0 Å². The van der Waals surface area contributed by atoms with Crippen LogP contribution in [0.15, 0.2) is 42.5 Å². The Morgan fingerprint density at radius 1 is 1.08 bits per heavy atom. The van der Waals surface area contributed by atoms with Gasteiger partial charge in [-0.15, -0.1) is 0 Å². The second kappa shape index (κ2) is 7.47. The van der Waals surface area contributed by atoms with Crippen LogP contribution in [0.1, 0.15) is 41.0 Å². The van der Waals surface area contributed by atoms with Gasteiger partial charge in [0.05, 0.1) is 0 Å². The van der Waals surface area contributed by atoms with Crippen LogP contribution in [0.25, 0.3) is 0 Å². The molecule has 1 amide bonds. The Bertz CT molecular complexity index is 690. The van der Waals surface area contributed by atoms with E-state index in [0.717, 1.165) is 24.3 Å². The van der Waals surface area contributed by atoms with Crippen molar-refractivity contribution in [1.82, 2.24) is 9.88 Å². The zero-order chi connectivity index (χ0) is 16.9. The van der Waals surface area contributed by atoms with E-state index in [9.17, 15) is 4.79 Å². The normalized spacial score (nSPS) is 14.5. The minimum Gasteiger partial charge on any atom is -0.372 e. The molecule has 2 aromatic rings. The quantitative estimate of drug-likeness (QED) is 0.862. The van der Waals surface area contributed by atoms with Crippen molar-refractivity contribution in [2.45, 2.75) is 32.7 Å². The first-order valence-electron chi connectivity index (χ1n) is 8.66. The fourth-order valence-electron chi connectivity index (χ4n) is 3.17. The first kappa shape index (κ1) is 16.5. The lowest BCUT2D eigenvalue weighted by molar-refractivity contribution is 0.0779. The van der Waals surface area contributed by atoms with Crippen molar-refractivity contribution in [2.24, 2.45) is 0 Å². The van der Waals surface area contributed by atoms with Crippen LogP contribution in [0.2, 0.25) is 0 Å². The van der Waals surface area contributed by atoms with Crippen LogP contribution < -0.4 is 4.90 Å². The number of hydrogen-bond acceptors (Lipinski definition) is 3. The van der Waals surface area contributed by atoms with E-state index in [1.165, 1.54) is 24.9 Å². The molecule has 0 unspecified atom stereocenters. The maximum absolute atomic E-state index is 12.5. The molecule has 0 radical (unpaired) electrons. The molecule has 0 bridgehead atoms. The molecule has 1 fully saturated rings. The monoisotopic (exact) mass is 323 g/mol. The number of hydrogen-bond donors (Lipinski definition) is 0. The van der Waals surface area contributed by atoms with Gasteiger partial charge in [-0.2, -0.15) is 0 Å². The summed E-state index contributed by atoms with van der Waals surface area (Å²) in [5, 5.41) is 0. The summed E-state index contributed by atoms with van der Waals surface area (Å²) in [5.41, 5.74) is 3.79. The van der Waals surface area contributed by atoms with Crippen molar-refractivity contribution in [3.8, 4) is 0 Å². The fraction of sp³-hybridized carbons (Fsp3) is 0.400. The lowest BCUT2D eigenvalue weighted by atomic mass is 10.1. The topological polar surface area (TPSA) is 36.4 Å². The highest BCUT2D eigenvalue weighted by Gasteiger charge is 2.14. The van der Waals surface area contributed by atoms with E-state index in [2.05, 4.69) is 34.1 Å². The second-order valence-electron chi connectivity index (χ2n) is 6.54. The van der Waals surface area contributed by atoms with Crippen molar-refractivity contribution in [3.63, 3.8) is 0 Å². The molecule has 0 N–H and O–H groups in total. The number of carbonyl (C=O) groups is 1. The fourth-order valence-corrected chi connectivity index (χ4v) is 3.17. The first-order chi connectivity index (χ1) is 11.6. The molecule has 1 aliphatic rings. The van der Waals surface area contributed by atoms with Gasteiger partial charge >= 0.3 is 0 Å². The Kier molecular flexibility index (Phi) is 5.14. The molecule has 1 aromatic heterocycles. The van der Waals surface area contributed by atoms with Crippen LogP contribution in [0, 0.1) is 6.92 Å². The number of amides is 1. The zero-order valence-corrected chi connectivity index (χ0v) is 14.5. The van der Waals surface area contributed by atoms with Crippen molar-refractivity contribution in [3.05, 3.63) is 59.4 Å². The smallest absolute Gasteiger partial charge is 0.272 e. The van der Waals surface area contributed by atoms with Crippen LogP contribution in [0.3, 0.4) is 0 Å². The standard InChI is InChI=1S/C20H25N3O/c1-16-7-6-8-19(21-16)20(24)22(2)15-17-9-11-18(12-10-17)23-13-4-3-5-14-23/h6-12H,3-5,13-15H2,1-2H3. The molecule has 1 aromatic carbocycles. The number of anilines is 1. The van der Waals surface area contributed by atoms with E-state index in [1.54, 1.807) is 11.0 Å². The third-order valence-electron chi connectivity index (χ3n) is 4.53. The van der Waals surface area contributed by atoms with Gasteiger partial charge in [-0.05, 0) is 56.0 Å². The number of nitrogens with zero attached hydrogens (tertiary/aromatic N) is 3. The minimum atomic E-state index is -0.0428. The molecule has 4 heteroatoms. The maximum Gasteiger partial charge on any atom is 0.272 e. The summed E-state index contributed by atoms with van der Waals surface area (Å²) in [6.07, 6.45) is 3.90. The highest BCUT2D eigenvalue weighted by Crippen LogP contribution is 2.20. The van der Waals surface area contributed by atoms with Crippen LogP contribution in [-0.2, 0) is 6.54 Å². The van der Waals surface area contributed by atoms with E-state index in [1.807, 2.05) is 26.1 Å². The maximum atomic E-state index is 12.5. The average molecular weight is 323 g/mol. The Morgan fingerprint density at radius 2 is 1.79 bits per heavy atom. The molecule has 0 atom stereocenters. The highest BCUT2D eigenvalue weighted by molar-refractivity contribution is 5.92. The predicted octanol–water partition coefficient (Wildman–Crippen LogP) is 3.65. The summed E-state index contributed by atoms with van der Waals surface area (Å²) in [5.74, 6) is -0.0428. The van der Waals surface area contributed by atoms with Gasteiger partial charge in [0.1, 0.15) is 5.69 Å². The van der Waals surface area contributed by atoms with Gasteiger partial charge in [0.25, 0.3) is 5.91 Å². The summed E-state index contributed by atoms with van der Waals surface area (Å²) < 4.78 is 0. The average Bonchev–Trinajstić information content (AvgIpc) is 2.62. The number of pyridine rings is 1. The second-order valence-corrected chi connectivity index (χ2v) is 6.54. The Balaban J connectivity index is 1.63. The van der Waals surface area contributed by atoms with Crippen LogP contribution in [0.4, 0.5) is 5.69 Å². The summed E-state index contributed by atoms with van der Waals surface area (Å²) in [6, 6.07) is 14.1. The van der Waals surface area contributed by atoms with E-state index < -0.39 is 0 Å². The van der Waals surface area contributed by atoms with Gasteiger partial charge in [-0.25, -0.2) is 4.98 Å². The van der Waals surface area contributed by atoms with Crippen molar-refractivity contribution in [1.29, 1.82) is 0 Å². The molecule has 0 saturated carbocycles. The van der Waals surface area contributed by atoms with Crippen molar-refractivity contribution in [2.75, 3.05) is 25.0 Å². The highest BCUT2D eigenvalue weighted by atomic mass is 16.2. The molecular formula is C20H25N3O. The summed E-state index contributed by atoms with van der Waals surface area (Å²) >= 11 is 0.